The lowest BCUT2D eigenvalue weighted by atomic mass is 9.97. The van der Waals surface area contributed by atoms with Crippen molar-refractivity contribution in [3.63, 3.8) is 0 Å². The van der Waals surface area contributed by atoms with Gasteiger partial charge < -0.3 is 73.2 Å². The van der Waals surface area contributed by atoms with Gasteiger partial charge in [-0.2, -0.15) is 0 Å². The number of nitrogens with zero attached hydrogens (tertiary/aromatic N) is 2. The van der Waals surface area contributed by atoms with Crippen molar-refractivity contribution >= 4 is 49.6 Å². The van der Waals surface area contributed by atoms with Crippen LogP contribution < -0.4 is 38.5 Å². The van der Waals surface area contributed by atoms with Crippen molar-refractivity contribution in [2.75, 3.05) is 65.6 Å². The van der Waals surface area contributed by atoms with Crippen LogP contribution in [0.2, 0.25) is 0 Å². The molecule has 0 saturated carbocycles. The average Bonchev–Trinajstić information content (AvgIpc) is 3.90. The fourth-order valence-corrected chi connectivity index (χ4v) is 8.74. The van der Waals surface area contributed by atoms with E-state index < -0.39 is 64.4 Å². The Bertz CT molecular complexity index is 2780. The lowest BCUT2D eigenvalue weighted by Crippen LogP contribution is -2.51. The maximum Gasteiger partial charge on any atom is 0.501 e. The molecule has 1 fully saturated rings. The molecule has 368 valence electrons. The number of nitrogens with one attached hydrogen (secondary N) is 2. The highest BCUT2D eigenvalue weighted by Gasteiger charge is 2.39. The molecule has 20 heteroatoms. The first-order valence-corrected chi connectivity index (χ1v) is 23.5. The number of likely N-dealkylation sites (N-methyl/N-ethyl adjacent to an activating group) is 1. The highest BCUT2D eigenvalue weighted by atomic mass is 32.3. The number of amides is 2. The number of H-pyrrole nitrogens is 1. The van der Waals surface area contributed by atoms with E-state index in [1.807, 2.05) is 51.9 Å². The van der Waals surface area contributed by atoms with Gasteiger partial charge in [0.05, 0.1) is 43.3 Å². The number of fused-ring (bicyclic) bond motifs is 4. The summed E-state index contributed by atoms with van der Waals surface area (Å²) in [5.41, 5.74) is 7.22. The fourth-order valence-electron chi connectivity index (χ4n) is 8.00. The molecule has 1 aromatic heterocycles. The van der Waals surface area contributed by atoms with E-state index in [0.29, 0.717) is 53.0 Å². The molecular formula is C48H61N5O14S. The van der Waals surface area contributed by atoms with E-state index in [9.17, 15) is 33.3 Å². The molecule has 4 atom stereocenters. The van der Waals surface area contributed by atoms with Crippen LogP contribution in [0.1, 0.15) is 66.1 Å². The number of anilines is 1. The van der Waals surface area contributed by atoms with Gasteiger partial charge in [0.2, 0.25) is 6.29 Å². The third-order valence-electron chi connectivity index (χ3n) is 11.8. The fraction of sp³-hybridized carbons (Fsp3) is 0.458. The quantitative estimate of drug-likeness (QED) is 0.0685. The average molecular weight is 964 g/mol. The van der Waals surface area contributed by atoms with Crippen molar-refractivity contribution in [1.82, 2.24) is 15.2 Å². The first kappa shape index (κ1) is 50.2. The smallest absolute Gasteiger partial charge is 0.493 e. The molecule has 3 heterocycles. The molecule has 0 aliphatic carbocycles. The minimum absolute atomic E-state index is 0.0294. The Morgan fingerprint density at radius 1 is 0.985 bits per heavy atom. The number of aromatic amines is 1. The van der Waals surface area contributed by atoms with E-state index in [-0.39, 0.29) is 54.8 Å². The zero-order valence-electron chi connectivity index (χ0n) is 39.5. The van der Waals surface area contributed by atoms with E-state index in [4.69, 9.17) is 37.8 Å². The third kappa shape index (κ3) is 11.2. The number of aliphatic hydroxyl groups excluding tert-OH is 3. The molecule has 2 aliphatic rings. The number of ether oxygens (including phenoxy) is 5. The van der Waals surface area contributed by atoms with Crippen LogP contribution in [0.15, 0.2) is 60.7 Å². The Kier molecular flexibility index (Phi) is 14.8. The predicted molar refractivity (Wildman–Crippen MR) is 253 cm³/mol. The lowest BCUT2D eigenvalue weighted by Gasteiger charge is -2.36. The van der Waals surface area contributed by atoms with Crippen molar-refractivity contribution in [2.24, 2.45) is 5.73 Å². The molecule has 0 bridgehead atoms. The number of rotatable bonds is 19. The zero-order valence-corrected chi connectivity index (χ0v) is 40.3. The van der Waals surface area contributed by atoms with Crippen LogP contribution in [0.5, 0.6) is 28.7 Å². The number of hydrogen-bond donors (Lipinski definition) is 6. The summed E-state index contributed by atoms with van der Waals surface area (Å²) in [5, 5.41) is 35.3. The lowest BCUT2D eigenvalue weighted by molar-refractivity contribution is -0.230. The van der Waals surface area contributed by atoms with Gasteiger partial charge in [-0.15, -0.1) is 8.42 Å². The van der Waals surface area contributed by atoms with Gasteiger partial charge in [-0.05, 0) is 102 Å². The van der Waals surface area contributed by atoms with E-state index in [2.05, 4.69) is 10.3 Å². The minimum atomic E-state index is -5.09. The molecule has 68 heavy (non-hydrogen) atoms. The molecule has 0 radical (unpaired) electrons. The van der Waals surface area contributed by atoms with Gasteiger partial charge in [0.1, 0.15) is 24.5 Å². The van der Waals surface area contributed by atoms with Crippen molar-refractivity contribution in [3.05, 3.63) is 83.0 Å². The summed E-state index contributed by atoms with van der Waals surface area (Å²) in [5.74, 6) is -0.812. The molecule has 19 nitrogen and oxygen atoms in total. The third-order valence-corrected chi connectivity index (χ3v) is 12.6. The number of carbonyl (C=O) groups is 2. The topological polar surface area (TPSA) is 254 Å². The zero-order chi connectivity index (χ0) is 49.3. The van der Waals surface area contributed by atoms with Crippen molar-refractivity contribution < 1.29 is 65.4 Å². The summed E-state index contributed by atoms with van der Waals surface area (Å²) in [6, 6.07) is 15.9. The molecule has 2 aliphatic heterocycles. The highest BCUT2D eigenvalue weighted by molar-refractivity contribution is 7.82. The number of benzene rings is 4. The molecular weight excluding hydrogens is 903 g/mol. The van der Waals surface area contributed by atoms with Gasteiger partial charge in [0, 0.05) is 60.0 Å². The van der Waals surface area contributed by atoms with Crippen molar-refractivity contribution in [1.29, 1.82) is 0 Å². The van der Waals surface area contributed by atoms with Crippen LogP contribution in [0.4, 0.5) is 5.69 Å². The van der Waals surface area contributed by atoms with Crippen LogP contribution in [0.25, 0.3) is 21.7 Å². The van der Waals surface area contributed by atoms with E-state index >= 15 is 0 Å². The second-order valence-corrected chi connectivity index (χ2v) is 19.7. The van der Waals surface area contributed by atoms with Crippen LogP contribution in [-0.4, -0.2) is 142 Å². The molecule has 2 amide bonds. The summed E-state index contributed by atoms with van der Waals surface area (Å²) in [6.45, 7) is 10.1. The van der Waals surface area contributed by atoms with Crippen molar-refractivity contribution in [2.45, 2.75) is 83.2 Å². The molecule has 0 spiro atoms. The predicted octanol–water partition coefficient (Wildman–Crippen LogP) is 3.95. The Morgan fingerprint density at radius 3 is 2.44 bits per heavy atom. The second-order valence-electron chi connectivity index (χ2n) is 18.5. The number of aryl methyl sites for hydroxylation is 1. The summed E-state index contributed by atoms with van der Waals surface area (Å²) >= 11 is 0. The van der Waals surface area contributed by atoms with Gasteiger partial charge in [0.15, 0.2) is 28.7 Å². The van der Waals surface area contributed by atoms with Gasteiger partial charge in [-0.1, -0.05) is 18.2 Å². The van der Waals surface area contributed by atoms with Crippen LogP contribution >= 0.6 is 0 Å². The van der Waals surface area contributed by atoms with Gasteiger partial charge in [-0.25, -0.2) is 0 Å². The normalized spacial score (nSPS) is 18.8. The van der Waals surface area contributed by atoms with E-state index in [1.54, 1.807) is 50.1 Å². The SMILES string of the molecule is COc1cc2[nH]c(C(=O)N3CCc4c3cc(OS(=O)(=O)Oc3cc(C(=O)NC(C)(C)COC(C)(C)CN)ccc3OC3CC(O)C(O)C(CO)O3)c3cccc(C)c43)cc2cc1OCCN(C)C. The van der Waals surface area contributed by atoms with Gasteiger partial charge in [0.25, 0.3) is 11.8 Å². The standard InChI is InChI=1S/C48H61N5O14S/c1-27-10-9-11-31-37(22-34-30(43(27)31)14-15-53(34)46(58)33-18-29-20-39(62-17-16-52(6)7)38(61-8)21-32(29)50-33)66-68(59,60)67-40-19-28(45(57)51-47(2,3)26-63-48(4,5)25-49)12-13-36(40)64-42-23-35(55)44(56)41(24-54)65-42/h9-13,18-22,35,41-42,44,50,54-56H,14-17,23-26,49H2,1-8H3,(H,51,57). The number of aliphatic hydroxyl groups is 3. The highest BCUT2D eigenvalue weighted by Crippen LogP contribution is 2.43. The summed E-state index contributed by atoms with van der Waals surface area (Å²) in [7, 11) is 0.342. The minimum Gasteiger partial charge on any atom is -0.493 e. The van der Waals surface area contributed by atoms with Crippen LogP contribution in [0, 0.1) is 6.92 Å². The maximum atomic E-state index is 14.4. The Hall–Kier alpha value is -5.71. The Morgan fingerprint density at radius 2 is 1.74 bits per heavy atom. The van der Waals surface area contributed by atoms with Crippen molar-refractivity contribution in [3.8, 4) is 28.7 Å². The molecule has 4 aromatic carbocycles. The second kappa shape index (κ2) is 20.1. The first-order chi connectivity index (χ1) is 32.1. The van der Waals surface area contributed by atoms with Gasteiger partial charge >= 0.3 is 10.4 Å². The number of nitrogens with two attached hydrogens (primary N) is 1. The summed E-state index contributed by atoms with van der Waals surface area (Å²) in [4.78, 5) is 34.9. The first-order valence-electron chi connectivity index (χ1n) is 22.2. The number of methoxy groups -OCH3 is 1. The van der Waals surface area contributed by atoms with E-state index in [1.165, 1.54) is 18.2 Å². The summed E-state index contributed by atoms with van der Waals surface area (Å²) in [6.07, 6.45) is -5.05. The van der Waals surface area contributed by atoms with E-state index in [0.717, 1.165) is 22.6 Å². The summed E-state index contributed by atoms with van der Waals surface area (Å²) < 4.78 is 69.0. The maximum absolute atomic E-state index is 14.4. The molecule has 7 N–H and O–H groups in total. The number of hydrogen-bond acceptors (Lipinski definition) is 16. The number of carbonyl (C=O) groups excluding carboxylic acids is 2. The van der Waals surface area contributed by atoms with Gasteiger partial charge in [-0.3, -0.25) is 9.59 Å². The Balaban J connectivity index is 1.20. The monoisotopic (exact) mass is 963 g/mol. The molecule has 5 aromatic rings. The molecule has 7 rings (SSSR count). The molecule has 1 saturated heterocycles. The van der Waals surface area contributed by atoms with Crippen LogP contribution in [0.3, 0.4) is 0 Å². The Labute approximate surface area is 395 Å². The van der Waals surface area contributed by atoms with Crippen LogP contribution in [-0.2, 0) is 26.3 Å². The number of aromatic nitrogens is 1. The largest absolute Gasteiger partial charge is 0.501 e. The molecule has 4 unspecified atom stereocenters.